The zero-order valence-corrected chi connectivity index (χ0v) is 13.9. The molecule has 1 aromatic carbocycles. The summed E-state index contributed by atoms with van der Waals surface area (Å²) in [5.74, 6) is -0.0460. The molecule has 1 amide bonds. The van der Waals surface area contributed by atoms with Gasteiger partial charge in [0.05, 0.1) is 5.56 Å². The van der Waals surface area contributed by atoms with Gasteiger partial charge in [-0.25, -0.2) is 4.98 Å². The quantitative estimate of drug-likeness (QED) is 0.518. The topological polar surface area (TPSA) is 96.7 Å². The summed E-state index contributed by atoms with van der Waals surface area (Å²) in [6.45, 7) is 0.523. The zero-order valence-electron chi connectivity index (χ0n) is 13.9. The summed E-state index contributed by atoms with van der Waals surface area (Å²) in [5.41, 5.74) is 9.75. The third kappa shape index (κ3) is 3.00. The smallest absolute Gasteiger partial charge is 0.253 e. The van der Waals surface area contributed by atoms with Crippen LogP contribution in [0.1, 0.15) is 15.9 Å². The number of H-pyrrole nitrogens is 1. The van der Waals surface area contributed by atoms with E-state index >= 15 is 0 Å². The van der Waals surface area contributed by atoms with Gasteiger partial charge in [-0.15, -0.1) is 0 Å². The number of aromatic nitrogens is 3. The number of amides is 1. The number of hydrogen-bond acceptors (Lipinski definition) is 4. The molecule has 0 unspecified atom stereocenters. The molecule has 0 bridgehead atoms. The number of carbonyl (C=O) groups is 1. The number of nitrogens with one attached hydrogen (secondary N) is 2. The van der Waals surface area contributed by atoms with E-state index in [1.807, 2.05) is 48.7 Å². The summed E-state index contributed by atoms with van der Waals surface area (Å²) < 4.78 is 0. The van der Waals surface area contributed by atoms with Crippen LogP contribution in [0.2, 0.25) is 0 Å². The molecule has 0 radical (unpaired) electrons. The number of hydrogen-bond donors (Lipinski definition) is 3. The van der Waals surface area contributed by atoms with Gasteiger partial charge in [-0.05, 0) is 52.4 Å². The largest absolute Gasteiger partial charge is 0.365 e. The van der Waals surface area contributed by atoms with Crippen molar-refractivity contribution in [2.24, 2.45) is 5.73 Å². The van der Waals surface area contributed by atoms with Crippen LogP contribution in [0.15, 0.2) is 67.3 Å². The molecule has 3 heterocycles. The normalized spacial score (nSPS) is 10.8. The summed E-state index contributed by atoms with van der Waals surface area (Å²) >= 11 is 0. The number of nitrogens with zero attached hydrogens (tertiary/aromatic N) is 2. The molecular weight excluding hydrogens is 326 g/mol. The zero-order chi connectivity index (χ0) is 17.9. The van der Waals surface area contributed by atoms with Crippen LogP contribution in [0.5, 0.6) is 0 Å². The second-order valence-electron chi connectivity index (χ2n) is 5.94. The van der Waals surface area contributed by atoms with Crippen molar-refractivity contribution in [3.63, 3.8) is 0 Å². The molecule has 6 nitrogen and oxygen atoms in total. The molecule has 6 heteroatoms. The Morgan fingerprint density at radius 2 is 1.92 bits per heavy atom. The molecule has 3 aromatic heterocycles. The van der Waals surface area contributed by atoms with Gasteiger partial charge < -0.3 is 16.0 Å². The van der Waals surface area contributed by atoms with E-state index in [2.05, 4.69) is 20.3 Å². The summed E-state index contributed by atoms with van der Waals surface area (Å²) in [7, 11) is 0. The molecule has 0 fully saturated rings. The highest BCUT2D eigenvalue weighted by molar-refractivity contribution is 6.04. The van der Waals surface area contributed by atoms with Crippen LogP contribution in [-0.2, 0) is 6.54 Å². The first-order chi connectivity index (χ1) is 12.7. The van der Waals surface area contributed by atoms with Crippen LogP contribution in [0, 0.1) is 0 Å². The molecule has 4 rings (SSSR count). The highest BCUT2D eigenvalue weighted by Gasteiger charge is 2.17. The van der Waals surface area contributed by atoms with Crippen molar-refractivity contribution in [2.75, 3.05) is 5.32 Å². The van der Waals surface area contributed by atoms with Crippen LogP contribution in [0.4, 0.5) is 5.82 Å². The van der Waals surface area contributed by atoms with Crippen LogP contribution in [0.25, 0.3) is 22.0 Å². The second-order valence-corrected chi connectivity index (χ2v) is 5.94. The van der Waals surface area contributed by atoms with E-state index in [9.17, 15) is 4.79 Å². The maximum atomic E-state index is 12.2. The lowest BCUT2D eigenvalue weighted by atomic mass is 9.99. The molecule has 0 aliphatic heterocycles. The lowest BCUT2D eigenvalue weighted by Gasteiger charge is -2.13. The van der Waals surface area contributed by atoms with Crippen LogP contribution in [-0.4, -0.2) is 20.9 Å². The fraction of sp³-hybridized carbons (Fsp3) is 0.0500. The molecule has 4 N–H and O–H groups in total. The first-order valence-corrected chi connectivity index (χ1v) is 8.21. The maximum Gasteiger partial charge on any atom is 0.253 e. The molecule has 0 aliphatic carbocycles. The van der Waals surface area contributed by atoms with E-state index in [0.717, 1.165) is 27.6 Å². The minimum absolute atomic E-state index is 0.382. The maximum absolute atomic E-state index is 12.2. The SMILES string of the molecule is NC(=O)c1c(-c2ccc3cc[nH]c3c2)ccnc1NCc1ccncc1. The number of fused-ring (bicyclic) bond motifs is 1. The standard InChI is InChI=1S/C20H17N5O/c21-19(26)18-16(15-2-1-14-5-9-23-17(14)11-15)6-10-24-20(18)25-12-13-3-7-22-8-4-13/h1-11,23H,12H2,(H2,21,26)(H,24,25). The second kappa shape index (κ2) is 6.68. The average molecular weight is 343 g/mol. The van der Waals surface area contributed by atoms with Crippen molar-refractivity contribution >= 4 is 22.6 Å². The van der Waals surface area contributed by atoms with E-state index in [0.29, 0.717) is 17.9 Å². The Bertz CT molecular complexity index is 1070. The Hall–Kier alpha value is -3.67. The van der Waals surface area contributed by atoms with Gasteiger partial charge in [-0.3, -0.25) is 9.78 Å². The Morgan fingerprint density at radius 3 is 2.73 bits per heavy atom. The third-order valence-corrected chi connectivity index (χ3v) is 4.27. The molecule has 0 atom stereocenters. The van der Waals surface area contributed by atoms with Gasteiger partial charge >= 0.3 is 0 Å². The lowest BCUT2D eigenvalue weighted by Crippen LogP contribution is -2.17. The minimum atomic E-state index is -0.517. The van der Waals surface area contributed by atoms with Crippen LogP contribution < -0.4 is 11.1 Å². The Kier molecular flexibility index (Phi) is 4.07. The molecule has 128 valence electrons. The van der Waals surface area contributed by atoms with Gasteiger partial charge in [-0.2, -0.15) is 0 Å². The predicted octanol–water partition coefficient (Wildman–Crippen LogP) is 3.34. The van der Waals surface area contributed by atoms with E-state index in [1.54, 1.807) is 18.6 Å². The van der Waals surface area contributed by atoms with Crippen molar-refractivity contribution in [1.29, 1.82) is 0 Å². The number of carbonyl (C=O) groups excluding carboxylic acids is 1. The van der Waals surface area contributed by atoms with Gasteiger partial charge in [0, 0.05) is 36.8 Å². The van der Waals surface area contributed by atoms with Crippen molar-refractivity contribution in [3.05, 3.63) is 78.4 Å². The van der Waals surface area contributed by atoms with E-state index in [4.69, 9.17) is 5.73 Å². The number of aromatic amines is 1. The average Bonchev–Trinajstić information content (AvgIpc) is 3.14. The highest BCUT2D eigenvalue weighted by atomic mass is 16.1. The van der Waals surface area contributed by atoms with Gasteiger partial charge in [-0.1, -0.05) is 12.1 Å². The minimum Gasteiger partial charge on any atom is -0.365 e. The fourth-order valence-electron chi connectivity index (χ4n) is 2.99. The Labute approximate surface area is 150 Å². The van der Waals surface area contributed by atoms with Gasteiger partial charge in [0.1, 0.15) is 5.82 Å². The van der Waals surface area contributed by atoms with Gasteiger partial charge in [0.25, 0.3) is 5.91 Å². The molecule has 0 saturated carbocycles. The summed E-state index contributed by atoms with van der Waals surface area (Å²) in [5, 5.41) is 4.32. The van der Waals surface area contributed by atoms with E-state index in [1.165, 1.54) is 0 Å². The van der Waals surface area contributed by atoms with Crippen molar-refractivity contribution in [1.82, 2.24) is 15.0 Å². The first kappa shape index (κ1) is 15.8. The van der Waals surface area contributed by atoms with E-state index in [-0.39, 0.29) is 0 Å². The van der Waals surface area contributed by atoms with Crippen LogP contribution in [0.3, 0.4) is 0 Å². The first-order valence-electron chi connectivity index (χ1n) is 8.21. The number of anilines is 1. The predicted molar refractivity (Wildman–Crippen MR) is 102 cm³/mol. The number of nitrogens with two attached hydrogens (primary N) is 1. The molecule has 26 heavy (non-hydrogen) atoms. The Balaban J connectivity index is 1.74. The molecule has 0 saturated heterocycles. The van der Waals surface area contributed by atoms with Gasteiger partial charge in [0.2, 0.25) is 0 Å². The van der Waals surface area contributed by atoms with E-state index < -0.39 is 5.91 Å². The third-order valence-electron chi connectivity index (χ3n) is 4.27. The van der Waals surface area contributed by atoms with Crippen molar-refractivity contribution in [3.8, 4) is 11.1 Å². The summed E-state index contributed by atoms with van der Waals surface area (Å²) in [4.78, 5) is 23.7. The Morgan fingerprint density at radius 1 is 1.08 bits per heavy atom. The molecule has 4 aromatic rings. The number of primary amides is 1. The van der Waals surface area contributed by atoms with Crippen molar-refractivity contribution in [2.45, 2.75) is 6.54 Å². The summed E-state index contributed by atoms with van der Waals surface area (Å²) in [6.07, 6.45) is 7.01. The molecule has 0 aliphatic rings. The monoisotopic (exact) mass is 343 g/mol. The number of rotatable bonds is 5. The number of pyridine rings is 2. The lowest BCUT2D eigenvalue weighted by molar-refractivity contribution is 0.100. The number of benzene rings is 1. The molecular formula is C20H17N5O. The summed E-state index contributed by atoms with van der Waals surface area (Å²) in [6, 6.07) is 13.6. The highest BCUT2D eigenvalue weighted by Crippen LogP contribution is 2.30. The van der Waals surface area contributed by atoms with Crippen LogP contribution >= 0.6 is 0 Å². The van der Waals surface area contributed by atoms with Gasteiger partial charge in [0.15, 0.2) is 0 Å². The van der Waals surface area contributed by atoms with Crippen molar-refractivity contribution < 1.29 is 4.79 Å². The fourth-order valence-corrected chi connectivity index (χ4v) is 2.99. The molecule has 0 spiro atoms.